The van der Waals surface area contributed by atoms with Crippen LogP contribution < -0.4 is 10.6 Å². The van der Waals surface area contributed by atoms with Crippen molar-refractivity contribution in [1.29, 1.82) is 0 Å². The third kappa shape index (κ3) is 6.25. The van der Waals surface area contributed by atoms with Gasteiger partial charge in [-0.05, 0) is 32.6 Å². The Bertz CT molecular complexity index is 462. The molecule has 7 heteroatoms. The number of ether oxygens (including phenoxy) is 1. The van der Waals surface area contributed by atoms with Crippen molar-refractivity contribution in [2.24, 2.45) is 16.8 Å². The van der Waals surface area contributed by atoms with Gasteiger partial charge in [-0.2, -0.15) is 0 Å². The molecule has 0 spiro atoms. The molecule has 2 atom stereocenters. The van der Waals surface area contributed by atoms with E-state index in [2.05, 4.69) is 22.5 Å². The van der Waals surface area contributed by atoms with Crippen molar-refractivity contribution in [3.05, 3.63) is 0 Å². The first kappa shape index (κ1) is 21.7. The van der Waals surface area contributed by atoms with Gasteiger partial charge in [-0.3, -0.25) is 9.79 Å². The smallest absolute Gasteiger partial charge is 0.225 e. The summed E-state index contributed by atoms with van der Waals surface area (Å²) in [7, 11) is 0. The van der Waals surface area contributed by atoms with E-state index in [-0.39, 0.29) is 29.9 Å². The summed E-state index contributed by atoms with van der Waals surface area (Å²) in [6.07, 6.45) is 8.01. The second kappa shape index (κ2) is 11.3. The van der Waals surface area contributed by atoms with E-state index in [1.54, 1.807) is 0 Å². The van der Waals surface area contributed by atoms with Crippen LogP contribution in [0.15, 0.2) is 4.99 Å². The molecule has 1 aliphatic carbocycles. The molecule has 1 amide bonds. The van der Waals surface area contributed by atoms with Crippen LogP contribution in [0.2, 0.25) is 0 Å². The van der Waals surface area contributed by atoms with E-state index in [0.717, 1.165) is 71.0 Å². The minimum absolute atomic E-state index is 0. The number of carbonyl (C=O) groups excluding carboxylic acids is 1. The molecule has 2 saturated heterocycles. The fourth-order valence-corrected chi connectivity index (χ4v) is 4.15. The zero-order valence-electron chi connectivity index (χ0n) is 16.0. The van der Waals surface area contributed by atoms with Crippen LogP contribution in [0.4, 0.5) is 0 Å². The van der Waals surface area contributed by atoms with Gasteiger partial charge in [0, 0.05) is 50.7 Å². The highest BCUT2D eigenvalue weighted by molar-refractivity contribution is 14.0. The predicted octanol–water partition coefficient (Wildman–Crippen LogP) is 2.38. The molecule has 2 unspecified atom stereocenters. The van der Waals surface area contributed by atoms with Gasteiger partial charge in [0.1, 0.15) is 0 Å². The zero-order valence-corrected chi connectivity index (χ0v) is 18.4. The molecule has 150 valence electrons. The Morgan fingerprint density at radius 3 is 2.69 bits per heavy atom. The number of hydrogen-bond donors (Lipinski definition) is 2. The Kier molecular flexibility index (Phi) is 9.45. The summed E-state index contributed by atoms with van der Waals surface area (Å²) < 4.78 is 5.43. The van der Waals surface area contributed by atoms with E-state index in [4.69, 9.17) is 9.73 Å². The lowest BCUT2D eigenvalue weighted by Gasteiger charge is -2.26. The highest BCUT2D eigenvalue weighted by Crippen LogP contribution is 2.26. The number of halogens is 1. The minimum Gasteiger partial charge on any atom is -0.381 e. The highest BCUT2D eigenvalue weighted by Gasteiger charge is 2.31. The maximum absolute atomic E-state index is 12.7. The third-order valence-electron chi connectivity index (χ3n) is 5.67. The molecule has 26 heavy (non-hydrogen) atoms. The van der Waals surface area contributed by atoms with Gasteiger partial charge in [0.15, 0.2) is 5.96 Å². The van der Waals surface area contributed by atoms with Gasteiger partial charge in [-0.1, -0.05) is 19.3 Å². The van der Waals surface area contributed by atoms with Crippen molar-refractivity contribution < 1.29 is 9.53 Å². The third-order valence-corrected chi connectivity index (χ3v) is 5.67. The van der Waals surface area contributed by atoms with Gasteiger partial charge in [0.05, 0.1) is 6.61 Å². The lowest BCUT2D eigenvalue weighted by Crippen LogP contribution is -2.45. The number of rotatable bonds is 5. The number of aliphatic imine (C=N–C) groups is 1. The maximum atomic E-state index is 12.7. The number of likely N-dealkylation sites (tertiary alicyclic amines) is 1. The number of amides is 1. The van der Waals surface area contributed by atoms with Crippen molar-refractivity contribution in [3.63, 3.8) is 0 Å². The van der Waals surface area contributed by atoms with Gasteiger partial charge in [-0.25, -0.2) is 0 Å². The molecule has 0 radical (unpaired) electrons. The molecular weight excluding hydrogens is 443 g/mol. The van der Waals surface area contributed by atoms with E-state index in [1.165, 1.54) is 19.3 Å². The van der Waals surface area contributed by atoms with Gasteiger partial charge >= 0.3 is 0 Å². The molecule has 0 aromatic carbocycles. The Morgan fingerprint density at radius 2 is 2.00 bits per heavy atom. The van der Waals surface area contributed by atoms with E-state index >= 15 is 0 Å². The molecule has 1 saturated carbocycles. The molecular formula is C19H35IN4O2. The van der Waals surface area contributed by atoms with E-state index < -0.39 is 0 Å². The van der Waals surface area contributed by atoms with Gasteiger partial charge in [0.25, 0.3) is 0 Å². The first-order valence-corrected chi connectivity index (χ1v) is 10.2. The molecule has 2 aliphatic heterocycles. The molecule has 0 aromatic rings. The summed E-state index contributed by atoms with van der Waals surface area (Å²) >= 11 is 0. The average molecular weight is 478 g/mol. The number of carbonyl (C=O) groups is 1. The lowest BCUT2D eigenvalue weighted by molar-refractivity contribution is -0.135. The number of nitrogens with zero attached hydrogens (tertiary/aromatic N) is 2. The summed E-state index contributed by atoms with van der Waals surface area (Å²) in [6, 6.07) is 0.310. The van der Waals surface area contributed by atoms with Gasteiger partial charge < -0.3 is 20.3 Å². The average Bonchev–Trinajstić information content (AvgIpc) is 3.32. The topological polar surface area (TPSA) is 66.0 Å². The molecule has 0 bridgehead atoms. The fourth-order valence-electron chi connectivity index (χ4n) is 4.15. The predicted molar refractivity (Wildman–Crippen MR) is 115 cm³/mol. The van der Waals surface area contributed by atoms with Crippen LogP contribution in [0.1, 0.15) is 51.9 Å². The van der Waals surface area contributed by atoms with Crippen molar-refractivity contribution in [1.82, 2.24) is 15.5 Å². The van der Waals surface area contributed by atoms with Crippen molar-refractivity contribution in [2.75, 3.05) is 39.4 Å². The lowest BCUT2D eigenvalue weighted by atomic mass is 9.88. The molecule has 3 fully saturated rings. The first-order valence-electron chi connectivity index (χ1n) is 10.2. The summed E-state index contributed by atoms with van der Waals surface area (Å²) in [6.45, 7) is 7.14. The Balaban J connectivity index is 0.00000243. The number of guanidine groups is 1. The van der Waals surface area contributed by atoms with E-state index in [0.29, 0.717) is 17.9 Å². The van der Waals surface area contributed by atoms with Crippen LogP contribution in [0.25, 0.3) is 0 Å². The number of nitrogens with one attached hydrogen (secondary N) is 2. The van der Waals surface area contributed by atoms with Gasteiger partial charge in [-0.15, -0.1) is 24.0 Å². The van der Waals surface area contributed by atoms with Crippen LogP contribution in [0.3, 0.4) is 0 Å². The van der Waals surface area contributed by atoms with Crippen molar-refractivity contribution >= 4 is 35.8 Å². The maximum Gasteiger partial charge on any atom is 0.225 e. The summed E-state index contributed by atoms with van der Waals surface area (Å²) in [5.74, 6) is 2.08. The van der Waals surface area contributed by atoms with Crippen molar-refractivity contribution in [3.8, 4) is 0 Å². The van der Waals surface area contributed by atoms with Gasteiger partial charge in [0.2, 0.25) is 5.91 Å². The largest absolute Gasteiger partial charge is 0.381 e. The molecule has 3 aliphatic rings. The molecule has 0 aromatic heterocycles. The van der Waals surface area contributed by atoms with Crippen molar-refractivity contribution in [2.45, 2.75) is 57.9 Å². The second-order valence-corrected chi connectivity index (χ2v) is 7.70. The fraction of sp³-hybridized carbons (Fsp3) is 0.895. The minimum atomic E-state index is 0. The monoisotopic (exact) mass is 478 g/mol. The Labute approximate surface area is 174 Å². The van der Waals surface area contributed by atoms with Crippen LogP contribution in [0.5, 0.6) is 0 Å². The first-order chi connectivity index (χ1) is 12.3. The number of hydrogen-bond acceptors (Lipinski definition) is 3. The highest BCUT2D eigenvalue weighted by atomic mass is 127. The second-order valence-electron chi connectivity index (χ2n) is 7.70. The van der Waals surface area contributed by atoms with E-state index in [1.807, 2.05) is 0 Å². The zero-order chi connectivity index (χ0) is 17.5. The quantitative estimate of drug-likeness (QED) is 0.362. The summed E-state index contributed by atoms with van der Waals surface area (Å²) in [5.41, 5.74) is 0. The molecule has 3 rings (SSSR count). The molecule has 2 heterocycles. The van der Waals surface area contributed by atoms with Crippen LogP contribution in [-0.2, 0) is 9.53 Å². The standard InChI is InChI=1S/C19H34N4O2.HI/c1-2-20-19(21-12-15-9-11-25-14-15)22-17-8-10-23(13-17)18(24)16-6-4-3-5-7-16;/h15-17H,2-14H2,1H3,(H2,20,21,22);1H. The molecule has 6 nitrogen and oxygen atoms in total. The van der Waals surface area contributed by atoms with E-state index in [9.17, 15) is 4.79 Å². The summed E-state index contributed by atoms with van der Waals surface area (Å²) in [5, 5.41) is 6.87. The van der Waals surface area contributed by atoms with Crippen LogP contribution in [-0.4, -0.2) is 62.2 Å². The van der Waals surface area contributed by atoms with Crippen LogP contribution in [0, 0.1) is 11.8 Å². The molecule has 2 N–H and O–H groups in total. The summed E-state index contributed by atoms with van der Waals surface area (Å²) in [4.78, 5) is 19.5. The van der Waals surface area contributed by atoms with Crippen LogP contribution >= 0.6 is 24.0 Å². The Hall–Kier alpha value is -0.570. The SMILES string of the molecule is CCNC(=NCC1CCOC1)NC1CCN(C(=O)C2CCCCC2)C1.I. The normalized spacial score (nSPS) is 27.3. The Morgan fingerprint density at radius 1 is 1.19 bits per heavy atom.